The third kappa shape index (κ3) is 4.08. The molecule has 2 amide bonds. The summed E-state index contributed by atoms with van der Waals surface area (Å²) in [5, 5.41) is 4.55. The Kier molecular flexibility index (Phi) is 6.09. The quantitative estimate of drug-likeness (QED) is 0.565. The van der Waals surface area contributed by atoms with Gasteiger partial charge in [0.05, 0.1) is 24.8 Å². The van der Waals surface area contributed by atoms with Gasteiger partial charge < -0.3 is 14.6 Å². The van der Waals surface area contributed by atoms with Gasteiger partial charge in [-0.2, -0.15) is 0 Å². The van der Waals surface area contributed by atoms with E-state index in [1.54, 1.807) is 24.3 Å². The number of carbonyl (C=O) groups excluding carboxylic acids is 2. The molecule has 1 N–H and O–H groups in total. The van der Waals surface area contributed by atoms with Crippen LogP contribution in [-0.4, -0.2) is 35.6 Å². The third-order valence-electron chi connectivity index (χ3n) is 6.01. The van der Waals surface area contributed by atoms with Crippen molar-refractivity contribution in [2.45, 2.75) is 39.2 Å². The van der Waals surface area contributed by atoms with Crippen LogP contribution in [0.1, 0.15) is 31.0 Å². The van der Waals surface area contributed by atoms with Crippen LogP contribution >= 0.6 is 0 Å². The first kappa shape index (κ1) is 21.1. The number of nitrogens with zero attached hydrogens (tertiary/aromatic N) is 2. The number of rotatable bonds is 8. The van der Waals surface area contributed by atoms with Gasteiger partial charge in [0.15, 0.2) is 0 Å². The van der Waals surface area contributed by atoms with Crippen LogP contribution in [-0.2, 0) is 23.1 Å². The molecule has 6 nitrogen and oxygen atoms in total. The number of amides is 2. The second-order valence-electron chi connectivity index (χ2n) is 8.01. The number of ether oxygens (including phenoxy) is 1. The minimum Gasteiger partial charge on any atom is -0.494 e. The van der Waals surface area contributed by atoms with Crippen molar-refractivity contribution in [3.05, 3.63) is 59.8 Å². The highest BCUT2D eigenvalue weighted by molar-refractivity contribution is 6.22. The summed E-state index contributed by atoms with van der Waals surface area (Å²) in [7, 11) is 2.07. The van der Waals surface area contributed by atoms with Crippen LogP contribution in [0.5, 0.6) is 5.75 Å². The number of aromatic nitrogens is 1. The van der Waals surface area contributed by atoms with Crippen molar-refractivity contribution in [3.8, 4) is 5.75 Å². The maximum atomic E-state index is 12.9. The van der Waals surface area contributed by atoms with Gasteiger partial charge in [0.1, 0.15) is 5.75 Å². The van der Waals surface area contributed by atoms with Crippen molar-refractivity contribution < 1.29 is 14.3 Å². The maximum Gasteiger partial charge on any atom is 0.251 e. The molecular formula is C25H29N3O3. The molecule has 2 aromatic carbocycles. The molecule has 3 aromatic rings. The summed E-state index contributed by atoms with van der Waals surface area (Å²) < 4.78 is 7.78. The minimum atomic E-state index is -0.487. The standard InChI is InChI=1S/C25H29N3O3/c1-4-15-31-19-11-9-18(10-12-19)28-24(29)16-22(25(28)30)26-14-13-20-17(2)27(3)23-8-6-5-7-21(20)23/h5-12,22,26H,4,13-16H2,1-3H3/t22-/m0/s1. The van der Waals surface area contributed by atoms with Gasteiger partial charge in [-0.3, -0.25) is 9.59 Å². The lowest BCUT2D eigenvalue weighted by Crippen LogP contribution is -2.39. The number of fused-ring (bicyclic) bond motifs is 1. The topological polar surface area (TPSA) is 63.6 Å². The highest BCUT2D eigenvalue weighted by atomic mass is 16.5. The molecule has 0 bridgehead atoms. The highest BCUT2D eigenvalue weighted by Gasteiger charge is 2.39. The summed E-state index contributed by atoms with van der Waals surface area (Å²) in [6, 6.07) is 15.0. The van der Waals surface area contributed by atoms with Crippen LogP contribution < -0.4 is 15.0 Å². The molecule has 31 heavy (non-hydrogen) atoms. The Hall–Kier alpha value is -3.12. The molecule has 1 fully saturated rings. The number of hydrogen-bond donors (Lipinski definition) is 1. The van der Waals surface area contributed by atoms with Crippen molar-refractivity contribution in [1.82, 2.24) is 9.88 Å². The van der Waals surface area contributed by atoms with E-state index in [9.17, 15) is 9.59 Å². The summed E-state index contributed by atoms with van der Waals surface area (Å²) in [4.78, 5) is 26.7. The fraction of sp³-hybridized carbons (Fsp3) is 0.360. The second kappa shape index (κ2) is 8.94. The lowest BCUT2D eigenvalue weighted by Gasteiger charge is -2.16. The van der Waals surface area contributed by atoms with Gasteiger partial charge in [-0.05, 0) is 55.7 Å². The Bertz CT molecular complexity index is 1100. The molecule has 1 atom stereocenters. The van der Waals surface area contributed by atoms with E-state index in [1.807, 2.05) is 19.1 Å². The smallest absolute Gasteiger partial charge is 0.251 e. The van der Waals surface area contributed by atoms with E-state index in [2.05, 4.69) is 36.0 Å². The molecule has 162 valence electrons. The Labute approximate surface area is 182 Å². The van der Waals surface area contributed by atoms with Gasteiger partial charge in [-0.15, -0.1) is 0 Å². The van der Waals surface area contributed by atoms with E-state index in [1.165, 1.54) is 27.1 Å². The number of anilines is 1. The molecule has 0 unspecified atom stereocenters. The number of hydrogen-bond acceptors (Lipinski definition) is 4. The summed E-state index contributed by atoms with van der Waals surface area (Å²) in [6.07, 6.45) is 1.91. The average molecular weight is 420 g/mol. The molecule has 0 radical (unpaired) electrons. The first-order chi connectivity index (χ1) is 15.0. The Balaban J connectivity index is 1.40. The normalized spacial score (nSPS) is 16.5. The van der Waals surface area contributed by atoms with Crippen LogP contribution in [0, 0.1) is 6.92 Å². The SMILES string of the molecule is CCCOc1ccc(N2C(=O)C[C@H](NCCc3c(C)n(C)c4ccccc34)C2=O)cc1. The van der Waals surface area contributed by atoms with Gasteiger partial charge in [-0.1, -0.05) is 25.1 Å². The molecule has 0 aliphatic carbocycles. The van der Waals surface area contributed by atoms with Crippen LogP contribution in [0.2, 0.25) is 0 Å². The Morgan fingerprint density at radius 2 is 1.84 bits per heavy atom. The van der Waals surface area contributed by atoms with E-state index in [0.717, 1.165) is 18.6 Å². The lowest BCUT2D eigenvalue weighted by atomic mass is 10.1. The van der Waals surface area contributed by atoms with Crippen molar-refractivity contribution in [1.29, 1.82) is 0 Å². The van der Waals surface area contributed by atoms with Crippen molar-refractivity contribution in [2.75, 3.05) is 18.1 Å². The molecule has 4 rings (SSSR count). The molecule has 1 aliphatic rings. The zero-order valence-corrected chi connectivity index (χ0v) is 18.4. The number of imide groups is 1. The fourth-order valence-corrected chi connectivity index (χ4v) is 4.26. The van der Waals surface area contributed by atoms with Crippen molar-refractivity contribution in [2.24, 2.45) is 7.05 Å². The van der Waals surface area contributed by atoms with Gasteiger partial charge in [0.25, 0.3) is 5.91 Å². The largest absolute Gasteiger partial charge is 0.494 e. The molecule has 1 aliphatic heterocycles. The Morgan fingerprint density at radius 3 is 2.58 bits per heavy atom. The number of nitrogens with one attached hydrogen (secondary N) is 1. The lowest BCUT2D eigenvalue weighted by molar-refractivity contribution is -0.121. The van der Waals surface area contributed by atoms with Gasteiger partial charge in [0, 0.05) is 30.2 Å². The molecule has 1 saturated heterocycles. The predicted octanol–water partition coefficient (Wildman–Crippen LogP) is 3.74. The highest BCUT2D eigenvalue weighted by Crippen LogP contribution is 2.27. The van der Waals surface area contributed by atoms with E-state index in [-0.39, 0.29) is 18.2 Å². The van der Waals surface area contributed by atoms with Crippen LogP contribution in [0.3, 0.4) is 0 Å². The summed E-state index contributed by atoms with van der Waals surface area (Å²) in [6.45, 7) is 5.44. The van der Waals surface area contributed by atoms with E-state index in [0.29, 0.717) is 18.8 Å². The first-order valence-corrected chi connectivity index (χ1v) is 10.9. The Morgan fingerprint density at radius 1 is 1.10 bits per heavy atom. The average Bonchev–Trinajstić information content (AvgIpc) is 3.20. The van der Waals surface area contributed by atoms with E-state index in [4.69, 9.17) is 4.74 Å². The number of aryl methyl sites for hydroxylation is 1. The minimum absolute atomic E-state index is 0.175. The molecule has 0 spiro atoms. The predicted molar refractivity (Wildman–Crippen MR) is 122 cm³/mol. The van der Waals surface area contributed by atoms with Crippen molar-refractivity contribution in [3.63, 3.8) is 0 Å². The number of carbonyl (C=O) groups is 2. The molecule has 0 saturated carbocycles. The second-order valence-corrected chi connectivity index (χ2v) is 8.01. The van der Waals surface area contributed by atoms with Gasteiger partial charge >= 0.3 is 0 Å². The fourth-order valence-electron chi connectivity index (χ4n) is 4.26. The monoisotopic (exact) mass is 419 g/mol. The van der Waals surface area contributed by atoms with Crippen LogP contribution in [0.4, 0.5) is 5.69 Å². The molecule has 1 aromatic heterocycles. The molecule has 6 heteroatoms. The van der Waals surface area contributed by atoms with Gasteiger partial charge in [-0.25, -0.2) is 4.90 Å². The first-order valence-electron chi connectivity index (χ1n) is 10.9. The van der Waals surface area contributed by atoms with E-state index < -0.39 is 6.04 Å². The van der Waals surface area contributed by atoms with Crippen molar-refractivity contribution >= 4 is 28.4 Å². The third-order valence-corrected chi connectivity index (χ3v) is 6.01. The maximum absolute atomic E-state index is 12.9. The zero-order valence-electron chi connectivity index (χ0n) is 18.4. The molecular weight excluding hydrogens is 390 g/mol. The van der Waals surface area contributed by atoms with E-state index >= 15 is 0 Å². The van der Waals surface area contributed by atoms with Crippen LogP contribution in [0.25, 0.3) is 10.9 Å². The van der Waals surface area contributed by atoms with Crippen LogP contribution in [0.15, 0.2) is 48.5 Å². The summed E-state index contributed by atoms with van der Waals surface area (Å²) in [5.41, 5.74) is 4.30. The number of benzene rings is 2. The summed E-state index contributed by atoms with van der Waals surface area (Å²) in [5.74, 6) is 0.373. The zero-order chi connectivity index (χ0) is 22.0. The summed E-state index contributed by atoms with van der Waals surface area (Å²) >= 11 is 0. The van der Waals surface area contributed by atoms with Gasteiger partial charge in [0.2, 0.25) is 5.91 Å². The number of para-hydroxylation sites is 1. The molecule has 2 heterocycles.